The maximum atomic E-state index is 13.3. The molecule has 2 aromatic rings. The highest BCUT2D eigenvalue weighted by molar-refractivity contribution is 7.90. The number of sulfonamides is 1. The number of methoxy groups -OCH3 is 1. The summed E-state index contributed by atoms with van der Waals surface area (Å²) in [5, 5.41) is 5.74. The number of nitrogens with zero attached hydrogens (tertiary/aromatic N) is 4. The van der Waals surface area contributed by atoms with Gasteiger partial charge in [0.1, 0.15) is 5.75 Å². The van der Waals surface area contributed by atoms with E-state index in [0.717, 1.165) is 0 Å². The minimum Gasteiger partial charge on any atom is -0.497 e. The standard InChI is InChI=1S/C20H22N4O4S/c1-4-22(5-2)20-23(19(25)14-10-12-15(28-3)13-11-14)21-18-16-8-6-7-9-17(16)29(26,27)24(18)20/h6-13,20H,4-5H2,1-3H3/t20-/m1/s1. The fourth-order valence-electron chi connectivity index (χ4n) is 3.67. The fourth-order valence-corrected chi connectivity index (χ4v) is 5.40. The molecule has 0 aromatic heterocycles. The molecule has 1 amide bonds. The second-order valence-corrected chi connectivity index (χ2v) is 8.45. The summed E-state index contributed by atoms with van der Waals surface area (Å²) in [6.45, 7) is 4.96. The van der Waals surface area contributed by atoms with Crippen molar-refractivity contribution in [2.75, 3.05) is 20.2 Å². The summed E-state index contributed by atoms with van der Waals surface area (Å²) in [7, 11) is -2.26. The van der Waals surface area contributed by atoms with Crippen molar-refractivity contribution in [3.63, 3.8) is 0 Å². The number of rotatable bonds is 5. The zero-order valence-electron chi connectivity index (χ0n) is 16.4. The average molecular weight is 414 g/mol. The van der Waals surface area contributed by atoms with Crippen LogP contribution in [0, 0.1) is 0 Å². The summed E-state index contributed by atoms with van der Waals surface area (Å²) in [5.41, 5.74) is 0.911. The summed E-state index contributed by atoms with van der Waals surface area (Å²) >= 11 is 0. The van der Waals surface area contributed by atoms with E-state index in [1.807, 2.05) is 18.7 Å². The molecule has 29 heavy (non-hydrogen) atoms. The predicted molar refractivity (Wildman–Crippen MR) is 108 cm³/mol. The van der Waals surface area contributed by atoms with Crippen LogP contribution in [-0.4, -0.2) is 60.9 Å². The van der Waals surface area contributed by atoms with Gasteiger partial charge in [-0.15, -0.1) is 5.10 Å². The number of hydrazone groups is 1. The average Bonchev–Trinajstić information content (AvgIpc) is 3.24. The van der Waals surface area contributed by atoms with E-state index >= 15 is 0 Å². The molecule has 2 aliphatic heterocycles. The highest BCUT2D eigenvalue weighted by atomic mass is 32.2. The zero-order chi connectivity index (χ0) is 20.8. The topological polar surface area (TPSA) is 82.5 Å². The molecule has 0 unspecified atom stereocenters. The molecule has 2 heterocycles. The van der Waals surface area contributed by atoms with Crippen LogP contribution in [0.15, 0.2) is 58.5 Å². The smallest absolute Gasteiger partial charge is 0.277 e. The van der Waals surface area contributed by atoms with Crippen LogP contribution < -0.4 is 4.74 Å². The minimum absolute atomic E-state index is 0.215. The molecular formula is C20H22N4O4S. The van der Waals surface area contributed by atoms with Crippen molar-refractivity contribution >= 4 is 21.8 Å². The molecule has 0 saturated carbocycles. The van der Waals surface area contributed by atoms with E-state index in [0.29, 0.717) is 30.0 Å². The van der Waals surface area contributed by atoms with Gasteiger partial charge in [0.25, 0.3) is 15.9 Å². The maximum absolute atomic E-state index is 13.3. The van der Waals surface area contributed by atoms with Crippen molar-refractivity contribution < 1.29 is 17.9 Å². The van der Waals surface area contributed by atoms with E-state index in [1.54, 1.807) is 55.6 Å². The van der Waals surface area contributed by atoms with Gasteiger partial charge in [-0.3, -0.25) is 9.69 Å². The normalized spacial score (nSPS) is 19.2. The summed E-state index contributed by atoms with van der Waals surface area (Å²) in [4.78, 5) is 15.4. The van der Waals surface area contributed by atoms with E-state index < -0.39 is 16.3 Å². The van der Waals surface area contributed by atoms with Crippen molar-refractivity contribution in [2.45, 2.75) is 25.0 Å². The first kappa shape index (κ1) is 19.4. The lowest BCUT2D eigenvalue weighted by Crippen LogP contribution is -2.55. The number of carbonyl (C=O) groups excluding carboxylic acids is 1. The monoisotopic (exact) mass is 414 g/mol. The maximum Gasteiger partial charge on any atom is 0.277 e. The molecule has 0 aliphatic carbocycles. The first-order valence-electron chi connectivity index (χ1n) is 9.38. The van der Waals surface area contributed by atoms with Gasteiger partial charge in [-0.25, -0.2) is 12.7 Å². The quantitative estimate of drug-likeness (QED) is 0.749. The number of amides is 1. The van der Waals surface area contributed by atoms with Crippen LogP contribution in [0.1, 0.15) is 29.8 Å². The largest absolute Gasteiger partial charge is 0.497 e. The molecule has 4 rings (SSSR count). The van der Waals surface area contributed by atoms with Gasteiger partial charge in [0.2, 0.25) is 0 Å². The Morgan fingerprint density at radius 2 is 1.76 bits per heavy atom. The Bertz CT molecular complexity index is 1080. The number of fused-ring (bicyclic) bond motifs is 3. The summed E-state index contributed by atoms with van der Waals surface area (Å²) < 4.78 is 32.9. The van der Waals surface area contributed by atoms with Crippen LogP contribution in [0.5, 0.6) is 5.75 Å². The molecule has 0 spiro atoms. The Morgan fingerprint density at radius 1 is 1.10 bits per heavy atom. The Kier molecular flexibility index (Phi) is 4.79. The minimum atomic E-state index is -3.81. The van der Waals surface area contributed by atoms with Gasteiger partial charge < -0.3 is 4.74 Å². The van der Waals surface area contributed by atoms with Gasteiger partial charge in [0.15, 0.2) is 12.1 Å². The van der Waals surface area contributed by atoms with E-state index in [-0.39, 0.29) is 16.6 Å². The second-order valence-electron chi connectivity index (χ2n) is 6.67. The SMILES string of the molecule is CCN(CC)[C@@H]1N(C(=O)c2ccc(OC)cc2)N=C2c3ccccc3S(=O)(=O)N21. The molecule has 1 atom stereocenters. The van der Waals surface area contributed by atoms with Crippen LogP contribution in [0.4, 0.5) is 0 Å². The molecule has 0 saturated heterocycles. The Morgan fingerprint density at radius 3 is 2.38 bits per heavy atom. The highest BCUT2D eigenvalue weighted by Crippen LogP contribution is 2.38. The van der Waals surface area contributed by atoms with Crippen LogP contribution in [0.3, 0.4) is 0 Å². The molecule has 2 aliphatic rings. The van der Waals surface area contributed by atoms with Crippen molar-refractivity contribution in [1.82, 2.24) is 14.2 Å². The third kappa shape index (κ3) is 2.89. The van der Waals surface area contributed by atoms with Crippen molar-refractivity contribution in [3.05, 3.63) is 59.7 Å². The van der Waals surface area contributed by atoms with Crippen molar-refractivity contribution in [1.29, 1.82) is 0 Å². The van der Waals surface area contributed by atoms with Crippen LogP contribution in [0.2, 0.25) is 0 Å². The molecule has 9 heteroatoms. The molecule has 152 valence electrons. The van der Waals surface area contributed by atoms with E-state index in [2.05, 4.69) is 5.10 Å². The Hall–Kier alpha value is -2.91. The molecular weight excluding hydrogens is 392 g/mol. The summed E-state index contributed by atoms with van der Waals surface area (Å²) in [6, 6.07) is 13.4. The van der Waals surface area contributed by atoms with Gasteiger partial charge in [-0.2, -0.15) is 5.01 Å². The number of hydrogen-bond acceptors (Lipinski definition) is 6. The van der Waals surface area contributed by atoms with Gasteiger partial charge >= 0.3 is 0 Å². The fraction of sp³-hybridized carbons (Fsp3) is 0.300. The molecule has 0 N–H and O–H groups in total. The van der Waals surface area contributed by atoms with Crippen LogP contribution >= 0.6 is 0 Å². The number of ether oxygens (including phenoxy) is 1. The molecule has 2 aromatic carbocycles. The number of amidine groups is 1. The van der Waals surface area contributed by atoms with Gasteiger partial charge in [0, 0.05) is 11.1 Å². The van der Waals surface area contributed by atoms with Gasteiger partial charge in [-0.05, 0) is 49.5 Å². The Labute approximate surface area is 170 Å². The van der Waals surface area contributed by atoms with Gasteiger partial charge in [-0.1, -0.05) is 26.0 Å². The van der Waals surface area contributed by atoms with Crippen LogP contribution in [0.25, 0.3) is 0 Å². The highest BCUT2D eigenvalue weighted by Gasteiger charge is 2.53. The van der Waals surface area contributed by atoms with E-state index in [9.17, 15) is 13.2 Å². The van der Waals surface area contributed by atoms with Gasteiger partial charge in [0.05, 0.1) is 12.0 Å². The summed E-state index contributed by atoms with van der Waals surface area (Å²) in [5.74, 6) is 0.533. The Balaban J connectivity index is 1.83. The van der Waals surface area contributed by atoms with E-state index in [4.69, 9.17) is 4.74 Å². The lowest BCUT2D eigenvalue weighted by Gasteiger charge is -2.35. The number of carbonyl (C=O) groups is 1. The number of benzene rings is 2. The molecule has 0 radical (unpaired) electrons. The van der Waals surface area contributed by atoms with Crippen LogP contribution in [-0.2, 0) is 10.0 Å². The van der Waals surface area contributed by atoms with E-state index in [1.165, 1.54) is 9.31 Å². The lowest BCUT2D eigenvalue weighted by molar-refractivity contribution is 0.0184. The second kappa shape index (κ2) is 7.16. The zero-order valence-corrected chi connectivity index (χ0v) is 17.3. The third-order valence-corrected chi connectivity index (χ3v) is 6.98. The summed E-state index contributed by atoms with van der Waals surface area (Å²) in [6.07, 6.45) is -0.855. The first-order valence-corrected chi connectivity index (χ1v) is 10.8. The molecule has 0 bridgehead atoms. The van der Waals surface area contributed by atoms with Crippen molar-refractivity contribution in [3.8, 4) is 5.75 Å². The predicted octanol–water partition coefficient (Wildman–Crippen LogP) is 2.14. The lowest BCUT2D eigenvalue weighted by atomic mass is 10.2. The third-order valence-electron chi connectivity index (χ3n) is 5.19. The van der Waals surface area contributed by atoms with Crippen molar-refractivity contribution in [2.24, 2.45) is 5.10 Å². The first-order chi connectivity index (χ1) is 13.9. The number of hydrogen-bond donors (Lipinski definition) is 0. The molecule has 8 nitrogen and oxygen atoms in total. The molecule has 0 fully saturated rings.